The van der Waals surface area contributed by atoms with Crippen molar-refractivity contribution < 1.29 is 4.79 Å². The summed E-state index contributed by atoms with van der Waals surface area (Å²) in [5, 5.41) is 10.9. The van der Waals surface area contributed by atoms with Gasteiger partial charge in [0.15, 0.2) is 0 Å². The second-order valence-electron chi connectivity index (χ2n) is 2.73. The van der Waals surface area contributed by atoms with Gasteiger partial charge in [0.1, 0.15) is 0 Å². The van der Waals surface area contributed by atoms with E-state index in [0.29, 0.717) is 11.4 Å². The minimum atomic E-state index is 0.521. The smallest absolute Gasteiger partial charge is 0.211 e. The van der Waals surface area contributed by atoms with E-state index in [4.69, 9.17) is 0 Å². The lowest BCUT2D eigenvalue weighted by Crippen LogP contribution is -1.89. The molecular weight excluding hydrogens is 192 g/mol. The van der Waals surface area contributed by atoms with Crippen LogP contribution in [0.5, 0.6) is 0 Å². The molecule has 1 aromatic heterocycles. The third-order valence-electron chi connectivity index (χ3n) is 1.85. The summed E-state index contributed by atoms with van der Waals surface area (Å²) < 4.78 is 0. The van der Waals surface area contributed by atoms with Gasteiger partial charge in [-0.2, -0.15) is 4.99 Å². The van der Waals surface area contributed by atoms with Gasteiger partial charge in [-0.05, 0) is 17.3 Å². The topological polar surface area (TPSA) is 68.1 Å². The minimum Gasteiger partial charge on any atom is -0.211 e. The van der Waals surface area contributed by atoms with Gasteiger partial charge >= 0.3 is 0 Å². The number of carbonyl (C=O) groups excluding carboxylic acids is 1. The van der Waals surface area contributed by atoms with E-state index < -0.39 is 0 Å². The lowest BCUT2D eigenvalue weighted by Gasteiger charge is -2.00. The Morgan fingerprint density at radius 1 is 1.20 bits per heavy atom. The van der Waals surface area contributed by atoms with Crippen molar-refractivity contribution >= 4 is 11.8 Å². The van der Waals surface area contributed by atoms with Gasteiger partial charge in [0.25, 0.3) is 0 Å². The number of nitrogens with zero attached hydrogens (tertiary/aromatic N) is 4. The number of isocyanates is 1. The van der Waals surface area contributed by atoms with Crippen LogP contribution in [0, 0.1) is 0 Å². The van der Waals surface area contributed by atoms with Gasteiger partial charge in [0.05, 0.1) is 17.6 Å². The quantitative estimate of drug-likeness (QED) is 0.541. The summed E-state index contributed by atoms with van der Waals surface area (Å²) in [5.41, 5.74) is 1.88. The molecule has 0 atom stereocenters. The van der Waals surface area contributed by atoms with Gasteiger partial charge in [-0.15, -0.1) is 10.2 Å². The van der Waals surface area contributed by atoms with E-state index in [-0.39, 0.29) is 0 Å². The molecule has 1 aromatic carbocycles. The summed E-state index contributed by atoms with van der Waals surface area (Å²) in [5.74, 6) is 0. The molecule has 0 aliphatic heterocycles. The molecule has 5 heteroatoms. The Hall–Kier alpha value is -2.39. The lowest BCUT2D eigenvalue weighted by molar-refractivity contribution is 0.565. The SMILES string of the molecule is O=C=Nc1ccccc1-c1ccnnn1. The van der Waals surface area contributed by atoms with Crippen LogP contribution in [0.25, 0.3) is 11.3 Å². The van der Waals surface area contributed by atoms with Gasteiger partial charge in [-0.3, -0.25) is 0 Å². The molecule has 5 nitrogen and oxygen atoms in total. The number of aliphatic imine (C=N–C) groups is 1. The Labute approximate surface area is 85.5 Å². The Morgan fingerprint density at radius 2 is 2.07 bits per heavy atom. The van der Waals surface area contributed by atoms with Crippen LogP contribution in [0.3, 0.4) is 0 Å². The standard InChI is InChI=1S/C10H6N4O/c15-7-11-9-4-2-1-3-8(9)10-5-6-12-14-13-10/h1-6H. The zero-order valence-electron chi connectivity index (χ0n) is 7.66. The summed E-state index contributed by atoms with van der Waals surface area (Å²) in [6.07, 6.45) is 3.04. The normalized spacial score (nSPS) is 9.33. The number of aromatic nitrogens is 3. The van der Waals surface area contributed by atoms with E-state index in [1.807, 2.05) is 6.07 Å². The van der Waals surface area contributed by atoms with Crippen LogP contribution in [-0.4, -0.2) is 21.5 Å². The van der Waals surface area contributed by atoms with Crippen LogP contribution in [0.15, 0.2) is 41.5 Å². The number of rotatable bonds is 2. The molecule has 15 heavy (non-hydrogen) atoms. The second kappa shape index (κ2) is 4.21. The number of hydrogen-bond acceptors (Lipinski definition) is 5. The van der Waals surface area contributed by atoms with Crippen molar-refractivity contribution in [1.82, 2.24) is 15.4 Å². The predicted molar refractivity (Wildman–Crippen MR) is 53.0 cm³/mol. The zero-order valence-corrected chi connectivity index (χ0v) is 7.66. The molecule has 1 heterocycles. The summed E-state index contributed by atoms with van der Waals surface area (Å²) in [6, 6.07) is 8.84. The van der Waals surface area contributed by atoms with E-state index in [0.717, 1.165) is 5.56 Å². The van der Waals surface area contributed by atoms with E-state index >= 15 is 0 Å². The molecule has 0 saturated carbocycles. The largest absolute Gasteiger partial charge is 0.240 e. The molecule has 2 aromatic rings. The van der Waals surface area contributed by atoms with Gasteiger partial charge in [0.2, 0.25) is 6.08 Å². The van der Waals surface area contributed by atoms with Gasteiger partial charge < -0.3 is 0 Å². The molecule has 0 aliphatic carbocycles. The highest BCUT2D eigenvalue weighted by atomic mass is 16.1. The molecule has 0 amide bonds. The fourth-order valence-corrected chi connectivity index (χ4v) is 1.22. The first-order valence-electron chi connectivity index (χ1n) is 4.23. The summed E-state index contributed by atoms with van der Waals surface area (Å²) in [4.78, 5) is 13.8. The van der Waals surface area contributed by atoms with Crippen LogP contribution in [-0.2, 0) is 4.79 Å². The van der Waals surface area contributed by atoms with Crippen LogP contribution in [0.1, 0.15) is 0 Å². The molecule has 0 radical (unpaired) electrons. The Kier molecular flexibility index (Phi) is 2.58. The third-order valence-corrected chi connectivity index (χ3v) is 1.85. The maximum atomic E-state index is 10.2. The van der Waals surface area contributed by atoms with Crippen molar-refractivity contribution in [3.8, 4) is 11.3 Å². The molecule has 72 valence electrons. The van der Waals surface area contributed by atoms with Gasteiger partial charge in [0, 0.05) is 5.56 Å². The van der Waals surface area contributed by atoms with E-state index in [9.17, 15) is 4.79 Å². The molecule has 0 bridgehead atoms. The highest BCUT2D eigenvalue weighted by molar-refractivity contribution is 5.74. The maximum absolute atomic E-state index is 10.2. The van der Waals surface area contributed by atoms with Crippen molar-refractivity contribution in [2.24, 2.45) is 4.99 Å². The van der Waals surface area contributed by atoms with Crippen molar-refractivity contribution in [2.75, 3.05) is 0 Å². The molecule has 0 saturated heterocycles. The highest BCUT2D eigenvalue weighted by Crippen LogP contribution is 2.27. The minimum absolute atomic E-state index is 0.521. The lowest BCUT2D eigenvalue weighted by atomic mass is 10.1. The van der Waals surface area contributed by atoms with Gasteiger partial charge in [-0.25, -0.2) is 4.79 Å². The number of hydrogen-bond donors (Lipinski definition) is 0. The molecule has 0 aliphatic rings. The van der Waals surface area contributed by atoms with Crippen LogP contribution < -0.4 is 0 Å². The summed E-state index contributed by atoms with van der Waals surface area (Å²) >= 11 is 0. The van der Waals surface area contributed by atoms with Crippen molar-refractivity contribution in [3.63, 3.8) is 0 Å². The average Bonchev–Trinajstić information content (AvgIpc) is 2.31. The second-order valence-corrected chi connectivity index (χ2v) is 2.73. The van der Waals surface area contributed by atoms with E-state index in [1.165, 1.54) is 12.3 Å². The third kappa shape index (κ3) is 1.92. The molecule has 0 spiro atoms. The van der Waals surface area contributed by atoms with Crippen molar-refractivity contribution in [1.29, 1.82) is 0 Å². The van der Waals surface area contributed by atoms with Crippen molar-refractivity contribution in [2.45, 2.75) is 0 Å². The van der Waals surface area contributed by atoms with Crippen molar-refractivity contribution in [3.05, 3.63) is 36.5 Å². The first-order chi connectivity index (χ1) is 7.42. The molecular formula is C10H6N4O. The monoisotopic (exact) mass is 198 g/mol. The van der Waals surface area contributed by atoms with E-state index in [2.05, 4.69) is 20.4 Å². The number of benzene rings is 1. The maximum Gasteiger partial charge on any atom is 0.240 e. The van der Waals surface area contributed by atoms with Gasteiger partial charge in [-0.1, -0.05) is 18.2 Å². The fourth-order valence-electron chi connectivity index (χ4n) is 1.22. The first-order valence-corrected chi connectivity index (χ1v) is 4.23. The van der Waals surface area contributed by atoms with Crippen LogP contribution in [0.2, 0.25) is 0 Å². The molecule has 0 fully saturated rings. The van der Waals surface area contributed by atoms with Crippen LogP contribution in [0.4, 0.5) is 5.69 Å². The highest BCUT2D eigenvalue weighted by Gasteiger charge is 2.04. The number of para-hydroxylation sites is 1. The van der Waals surface area contributed by atoms with E-state index in [1.54, 1.807) is 24.3 Å². The van der Waals surface area contributed by atoms with Crippen LogP contribution >= 0.6 is 0 Å². The molecule has 2 rings (SSSR count). The first kappa shape index (κ1) is 9.18. The Morgan fingerprint density at radius 3 is 2.80 bits per heavy atom. The Bertz CT molecular complexity index is 506. The summed E-state index contributed by atoms with van der Waals surface area (Å²) in [7, 11) is 0. The average molecular weight is 198 g/mol. The Balaban J connectivity index is 2.58. The predicted octanol–water partition coefficient (Wildman–Crippen LogP) is 1.51. The summed E-state index contributed by atoms with van der Waals surface area (Å²) in [6.45, 7) is 0. The molecule has 0 unspecified atom stereocenters. The fraction of sp³-hybridized carbons (Fsp3) is 0. The zero-order chi connectivity index (χ0) is 10.5. The molecule has 0 N–H and O–H groups in total.